The van der Waals surface area contributed by atoms with E-state index in [4.69, 9.17) is 10.8 Å². The molecule has 3 N–H and O–H groups in total. The molecule has 0 aliphatic rings. The molecule has 0 aromatic carbocycles. The summed E-state index contributed by atoms with van der Waals surface area (Å²) in [6.07, 6.45) is 1.87. The molecule has 12 heavy (non-hydrogen) atoms. The van der Waals surface area contributed by atoms with Gasteiger partial charge in [-0.3, -0.25) is 0 Å². The highest BCUT2D eigenvalue weighted by Gasteiger charge is 2.09. The molecular weight excluding hydrogens is 158 g/mol. The summed E-state index contributed by atoms with van der Waals surface area (Å²) < 4.78 is 0. The second-order valence-corrected chi connectivity index (χ2v) is 2.24. The average molecular weight is 167 g/mol. The zero-order chi connectivity index (χ0) is 9.14. The fourth-order valence-corrected chi connectivity index (χ4v) is 0.768. The van der Waals surface area contributed by atoms with Crippen molar-refractivity contribution in [3.8, 4) is 0 Å². The van der Waals surface area contributed by atoms with E-state index in [9.17, 15) is 4.79 Å². The molecule has 0 fully saturated rings. The molecule has 0 aliphatic carbocycles. The molecule has 5 heteroatoms. The third-order valence-electron chi connectivity index (χ3n) is 1.41. The van der Waals surface area contributed by atoms with Crippen LogP contribution in [0.3, 0.4) is 0 Å². The zero-order valence-corrected chi connectivity index (χ0v) is 6.61. The van der Waals surface area contributed by atoms with Gasteiger partial charge in [-0.1, -0.05) is 6.92 Å². The summed E-state index contributed by atoms with van der Waals surface area (Å²) in [5, 5.41) is 8.57. The van der Waals surface area contributed by atoms with E-state index >= 15 is 0 Å². The Morgan fingerprint density at radius 3 is 2.83 bits per heavy atom. The Hall–Kier alpha value is -1.65. The number of carboxylic acids is 1. The number of anilines is 1. The molecule has 0 amide bonds. The van der Waals surface area contributed by atoms with Gasteiger partial charge in [0.25, 0.3) is 0 Å². The van der Waals surface area contributed by atoms with Crippen molar-refractivity contribution >= 4 is 11.8 Å². The predicted molar refractivity (Wildman–Crippen MR) is 42.8 cm³/mol. The van der Waals surface area contributed by atoms with E-state index in [0.717, 1.165) is 0 Å². The number of carboxylic acid groups (broad SMARTS) is 1. The Morgan fingerprint density at radius 1 is 1.75 bits per heavy atom. The Bertz CT molecular complexity index is 312. The van der Waals surface area contributed by atoms with Crippen LogP contribution in [0.15, 0.2) is 6.20 Å². The fraction of sp³-hybridized carbons (Fsp3) is 0.286. The van der Waals surface area contributed by atoms with Crippen LogP contribution in [0.2, 0.25) is 0 Å². The minimum atomic E-state index is -1.10. The van der Waals surface area contributed by atoms with Gasteiger partial charge in [0.15, 0.2) is 0 Å². The van der Waals surface area contributed by atoms with E-state index in [2.05, 4.69) is 9.97 Å². The van der Waals surface area contributed by atoms with Crippen molar-refractivity contribution in [2.75, 3.05) is 5.73 Å². The van der Waals surface area contributed by atoms with Crippen molar-refractivity contribution in [2.45, 2.75) is 13.3 Å². The summed E-state index contributed by atoms with van der Waals surface area (Å²) in [6.45, 7) is 1.87. The van der Waals surface area contributed by atoms with Crippen LogP contribution >= 0.6 is 0 Å². The van der Waals surface area contributed by atoms with E-state index in [-0.39, 0.29) is 11.4 Å². The van der Waals surface area contributed by atoms with Crippen LogP contribution in [-0.4, -0.2) is 21.0 Å². The monoisotopic (exact) mass is 167 g/mol. The maximum atomic E-state index is 10.5. The van der Waals surface area contributed by atoms with Crippen LogP contribution in [0.25, 0.3) is 0 Å². The van der Waals surface area contributed by atoms with E-state index in [0.29, 0.717) is 12.2 Å². The van der Waals surface area contributed by atoms with Gasteiger partial charge in [0.1, 0.15) is 17.2 Å². The second kappa shape index (κ2) is 3.17. The normalized spacial score (nSPS) is 9.75. The molecule has 0 atom stereocenters. The number of nitrogens with two attached hydrogens (primary N) is 1. The van der Waals surface area contributed by atoms with Crippen molar-refractivity contribution in [2.24, 2.45) is 0 Å². The maximum Gasteiger partial charge on any atom is 0.341 e. The summed E-state index contributed by atoms with van der Waals surface area (Å²) in [7, 11) is 0. The summed E-state index contributed by atoms with van der Waals surface area (Å²) in [5.74, 6) is -0.526. The Kier molecular flexibility index (Phi) is 2.23. The first kappa shape index (κ1) is 8.45. The number of aromatic carboxylic acids is 1. The SMILES string of the molecule is CCc1ncc(C(=O)O)c(N)n1. The summed E-state index contributed by atoms with van der Waals surface area (Å²) >= 11 is 0. The molecular formula is C7H9N3O2. The number of hydrogen-bond acceptors (Lipinski definition) is 4. The number of nitrogens with zero attached hydrogens (tertiary/aromatic N) is 2. The largest absolute Gasteiger partial charge is 0.477 e. The molecule has 0 aliphatic heterocycles. The van der Waals surface area contributed by atoms with E-state index in [1.807, 2.05) is 6.92 Å². The third-order valence-corrected chi connectivity index (χ3v) is 1.41. The number of aryl methyl sites for hydroxylation is 1. The lowest BCUT2D eigenvalue weighted by molar-refractivity contribution is 0.0697. The van der Waals surface area contributed by atoms with E-state index < -0.39 is 5.97 Å². The molecule has 1 aromatic rings. The summed E-state index contributed by atoms with van der Waals surface area (Å²) in [6, 6.07) is 0. The lowest BCUT2D eigenvalue weighted by atomic mass is 10.3. The third kappa shape index (κ3) is 1.50. The minimum Gasteiger partial charge on any atom is -0.477 e. The first-order valence-corrected chi connectivity index (χ1v) is 3.49. The van der Waals surface area contributed by atoms with Gasteiger partial charge in [-0.2, -0.15) is 0 Å². The number of carbonyl (C=O) groups is 1. The van der Waals surface area contributed by atoms with Gasteiger partial charge in [-0.05, 0) is 0 Å². The molecule has 0 unspecified atom stereocenters. The van der Waals surface area contributed by atoms with Crippen LogP contribution in [0.5, 0.6) is 0 Å². The molecule has 1 rings (SSSR count). The van der Waals surface area contributed by atoms with Crippen LogP contribution in [-0.2, 0) is 6.42 Å². The number of rotatable bonds is 2. The van der Waals surface area contributed by atoms with Crippen LogP contribution in [0.4, 0.5) is 5.82 Å². The van der Waals surface area contributed by atoms with Crippen molar-refractivity contribution in [1.29, 1.82) is 0 Å². The summed E-state index contributed by atoms with van der Waals surface area (Å²) in [5.41, 5.74) is 5.32. The average Bonchev–Trinajstić information content (AvgIpc) is 2.03. The standard InChI is InChI=1S/C7H9N3O2/c1-2-5-9-3-4(7(11)12)6(8)10-5/h3H,2H2,1H3,(H,11,12)(H2,8,9,10). The van der Waals surface area contributed by atoms with Gasteiger partial charge in [0, 0.05) is 12.6 Å². The van der Waals surface area contributed by atoms with Crippen LogP contribution in [0, 0.1) is 0 Å². The topological polar surface area (TPSA) is 89.1 Å². The number of nitrogen functional groups attached to an aromatic ring is 1. The molecule has 0 saturated carbocycles. The van der Waals surface area contributed by atoms with E-state index in [1.54, 1.807) is 0 Å². The molecule has 1 heterocycles. The Balaban J connectivity index is 3.12. The lowest BCUT2D eigenvalue weighted by Crippen LogP contribution is -2.07. The molecule has 0 bridgehead atoms. The first-order chi connectivity index (χ1) is 5.65. The fourth-order valence-electron chi connectivity index (χ4n) is 0.768. The smallest absolute Gasteiger partial charge is 0.341 e. The molecule has 0 saturated heterocycles. The summed E-state index contributed by atoms with van der Waals surface area (Å²) in [4.78, 5) is 18.1. The van der Waals surface area contributed by atoms with Gasteiger partial charge >= 0.3 is 5.97 Å². The van der Waals surface area contributed by atoms with Crippen LogP contribution < -0.4 is 5.73 Å². The highest BCUT2D eigenvalue weighted by Crippen LogP contribution is 2.06. The van der Waals surface area contributed by atoms with Gasteiger partial charge in [-0.25, -0.2) is 14.8 Å². The number of hydrogen-bond donors (Lipinski definition) is 2. The molecule has 0 spiro atoms. The second-order valence-electron chi connectivity index (χ2n) is 2.24. The molecule has 1 aromatic heterocycles. The van der Waals surface area contributed by atoms with Gasteiger partial charge in [0.05, 0.1) is 0 Å². The quantitative estimate of drug-likeness (QED) is 0.662. The first-order valence-electron chi connectivity index (χ1n) is 3.49. The van der Waals surface area contributed by atoms with Crippen molar-refractivity contribution < 1.29 is 9.90 Å². The highest BCUT2D eigenvalue weighted by molar-refractivity contribution is 5.92. The van der Waals surface area contributed by atoms with Gasteiger partial charge in [0.2, 0.25) is 0 Å². The highest BCUT2D eigenvalue weighted by atomic mass is 16.4. The molecule has 64 valence electrons. The van der Waals surface area contributed by atoms with Crippen molar-refractivity contribution in [3.63, 3.8) is 0 Å². The molecule has 0 radical (unpaired) electrons. The van der Waals surface area contributed by atoms with Crippen molar-refractivity contribution in [1.82, 2.24) is 9.97 Å². The van der Waals surface area contributed by atoms with Crippen LogP contribution in [0.1, 0.15) is 23.1 Å². The Morgan fingerprint density at radius 2 is 2.42 bits per heavy atom. The van der Waals surface area contributed by atoms with Crippen molar-refractivity contribution in [3.05, 3.63) is 17.6 Å². The predicted octanol–water partition coefficient (Wildman–Crippen LogP) is 0.319. The Labute approximate surface area is 69.3 Å². The van der Waals surface area contributed by atoms with E-state index in [1.165, 1.54) is 6.20 Å². The van der Waals surface area contributed by atoms with Gasteiger partial charge < -0.3 is 10.8 Å². The zero-order valence-electron chi connectivity index (χ0n) is 6.61. The number of aromatic nitrogens is 2. The lowest BCUT2D eigenvalue weighted by Gasteiger charge is -2.00. The van der Waals surface area contributed by atoms with Gasteiger partial charge in [-0.15, -0.1) is 0 Å². The molecule has 5 nitrogen and oxygen atoms in total. The minimum absolute atomic E-state index is 0.0225. The maximum absolute atomic E-state index is 10.5.